The highest BCUT2D eigenvalue weighted by Crippen LogP contribution is 2.30. The van der Waals surface area contributed by atoms with Gasteiger partial charge < -0.3 is 24.7 Å². The molecular formula is C22H27NO5. The second-order valence-electron chi connectivity index (χ2n) is 6.75. The van der Waals surface area contributed by atoms with E-state index >= 15 is 0 Å². The lowest BCUT2D eigenvalue weighted by molar-refractivity contribution is -0.145. The topological polar surface area (TPSA) is 80.0 Å². The van der Waals surface area contributed by atoms with Gasteiger partial charge in [0, 0.05) is 6.54 Å². The molecule has 2 N–H and O–H groups in total. The predicted molar refractivity (Wildman–Crippen MR) is 104 cm³/mol. The van der Waals surface area contributed by atoms with Crippen molar-refractivity contribution in [1.82, 2.24) is 0 Å². The summed E-state index contributed by atoms with van der Waals surface area (Å²) >= 11 is 0. The van der Waals surface area contributed by atoms with Crippen molar-refractivity contribution < 1.29 is 23.7 Å². The van der Waals surface area contributed by atoms with E-state index in [1.54, 1.807) is 0 Å². The molecule has 0 aliphatic carbocycles. The van der Waals surface area contributed by atoms with Gasteiger partial charge in [-0.05, 0) is 11.1 Å². The van der Waals surface area contributed by atoms with Crippen molar-refractivity contribution >= 4 is 5.97 Å². The number of hydrogen-bond acceptors (Lipinski definition) is 6. The third-order valence-electron chi connectivity index (χ3n) is 4.80. The van der Waals surface area contributed by atoms with Crippen molar-refractivity contribution in [2.24, 2.45) is 5.73 Å². The highest BCUT2D eigenvalue weighted by atomic mass is 16.6. The number of esters is 1. The van der Waals surface area contributed by atoms with E-state index in [-0.39, 0.29) is 31.1 Å². The zero-order chi connectivity index (χ0) is 19.8. The molecule has 2 aromatic rings. The number of hydrogen-bond donors (Lipinski definition) is 1. The molecule has 6 heteroatoms. The molecule has 1 fully saturated rings. The molecule has 0 bridgehead atoms. The van der Waals surface area contributed by atoms with E-state index < -0.39 is 12.2 Å². The Balaban J connectivity index is 1.72. The van der Waals surface area contributed by atoms with Crippen molar-refractivity contribution in [3.05, 3.63) is 71.8 Å². The summed E-state index contributed by atoms with van der Waals surface area (Å²) in [6, 6.07) is 19.8. The van der Waals surface area contributed by atoms with Crippen molar-refractivity contribution in [2.45, 2.75) is 44.1 Å². The van der Waals surface area contributed by atoms with Crippen LogP contribution in [0.15, 0.2) is 60.7 Å². The van der Waals surface area contributed by atoms with E-state index in [1.807, 2.05) is 60.7 Å². The van der Waals surface area contributed by atoms with Gasteiger partial charge in [-0.2, -0.15) is 0 Å². The first-order chi connectivity index (χ1) is 13.7. The minimum atomic E-state index is -0.467. The standard InChI is InChI=1S/C22H27NO5/c1-25-20(24)12-18-21(26-14-16-8-4-2-5-9-16)22(19(13-23)28-18)27-15-17-10-6-3-7-11-17/h2-11,18-19,21-22H,12-15,23H2,1H3/t18?,19-,21+,22-/m1/s1. The first kappa shape index (κ1) is 20.5. The van der Waals surface area contributed by atoms with Crippen LogP contribution < -0.4 is 5.73 Å². The average Bonchev–Trinajstić information content (AvgIpc) is 3.08. The quantitative estimate of drug-likeness (QED) is 0.668. The normalized spacial score (nSPS) is 24.2. The molecule has 1 aliphatic rings. The Morgan fingerprint density at radius 3 is 1.86 bits per heavy atom. The van der Waals surface area contributed by atoms with Crippen LogP contribution in [-0.2, 0) is 37.0 Å². The van der Waals surface area contributed by atoms with Gasteiger partial charge in [-0.15, -0.1) is 0 Å². The van der Waals surface area contributed by atoms with E-state index in [9.17, 15) is 4.79 Å². The number of methoxy groups -OCH3 is 1. The summed E-state index contributed by atoms with van der Waals surface area (Å²) in [7, 11) is 1.36. The Hall–Kier alpha value is -2.25. The van der Waals surface area contributed by atoms with E-state index in [0.29, 0.717) is 13.2 Å². The maximum absolute atomic E-state index is 11.8. The molecule has 0 spiro atoms. The molecule has 2 aromatic carbocycles. The fraction of sp³-hybridized carbons (Fsp3) is 0.409. The molecule has 1 unspecified atom stereocenters. The Morgan fingerprint density at radius 2 is 1.39 bits per heavy atom. The van der Waals surface area contributed by atoms with Crippen molar-refractivity contribution in [3.8, 4) is 0 Å². The fourth-order valence-electron chi connectivity index (χ4n) is 3.34. The van der Waals surface area contributed by atoms with Crippen molar-refractivity contribution in [1.29, 1.82) is 0 Å². The number of carbonyl (C=O) groups excluding carboxylic acids is 1. The smallest absolute Gasteiger partial charge is 0.308 e. The van der Waals surface area contributed by atoms with Gasteiger partial charge in [-0.3, -0.25) is 4.79 Å². The monoisotopic (exact) mass is 385 g/mol. The lowest BCUT2D eigenvalue weighted by Crippen LogP contribution is -2.40. The van der Waals surface area contributed by atoms with E-state index in [2.05, 4.69) is 0 Å². The van der Waals surface area contributed by atoms with Crippen LogP contribution in [0.3, 0.4) is 0 Å². The molecule has 150 valence electrons. The highest BCUT2D eigenvalue weighted by molar-refractivity contribution is 5.70. The number of carbonyl (C=O) groups is 1. The second kappa shape index (κ2) is 10.3. The zero-order valence-electron chi connectivity index (χ0n) is 16.0. The lowest BCUT2D eigenvalue weighted by Gasteiger charge is -2.24. The maximum atomic E-state index is 11.8. The minimum Gasteiger partial charge on any atom is -0.469 e. The van der Waals surface area contributed by atoms with E-state index in [1.165, 1.54) is 7.11 Å². The van der Waals surface area contributed by atoms with Crippen LogP contribution in [0, 0.1) is 0 Å². The lowest BCUT2D eigenvalue weighted by atomic mass is 10.0. The first-order valence-corrected chi connectivity index (χ1v) is 9.44. The average molecular weight is 385 g/mol. The Labute approximate surface area is 165 Å². The summed E-state index contributed by atoms with van der Waals surface area (Å²) in [5, 5.41) is 0. The minimum absolute atomic E-state index is 0.0949. The van der Waals surface area contributed by atoms with Crippen LogP contribution in [0.1, 0.15) is 17.5 Å². The molecule has 3 rings (SSSR count). The Morgan fingerprint density at radius 1 is 0.893 bits per heavy atom. The summed E-state index contributed by atoms with van der Waals surface area (Å²) in [5.41, 5.74) is 8.00. The Bertz CT molecular complexity index is 724. The number of nitrogens with two attached hydrogens (primary N) is 1. The molecule has 0 amide bonds. The molecule has 1 saturated heterocycles. The zero-order valence-corrected chi connectivity index (χ0v) is 16.0. The Kier molecular flexibility index (Phi) is 7.56. The summed E-state index contributed by atoms with van der Waals surface area (Å²) in [5.74, 6) is -0.349. The molecule has 6 nitrogen and oxygen atoms in total. The van der Waals surface area contributed by atoms with E-state index in [4.69, 9.17) is 24.7 Å². The largest absolute Gasteiger partial charge is 0.469 e. The van der Waals surface area contributed by atoms with Crippen LogP contribution in [0.5, 0.6) is 0 Å². The van der Waals surface area contributed by atoms with Gasteiger partial charge in [0.25, 0.3) is 0 Å². The molecular weight excluding hydrogens is 358 g/mol. The molecule has 0 radical (unpaired) electrons. The first-order valence-electron chi connectivity index (χ1n) is 9.44. The van der Waals surface area contributed by atoms with Crippen molar-refractivity contribution in [3.63, 3.8) is 0 Å². The van der Waals surface area contributed by atoms with Crippen LogP contribution in [0.4, 0.5) is 0 Å². The molecule has 1 aliphatic heterocycles. The maximum Gasteiger partial charge on any atom is 0.308 e. The fourth-order valence-corrected chi connectivity index (χ4v) is 3.34. The van der Waals surface area contributed by atoms with E-state index in [0.717, 1.165) is 11.1 Å². The molecule has 0 saturated carbocycles. The van der Waals surface area contributed by atoms with Crippen LogP contribution in [-0.4, -0.2) is 44.0 Å². The third kappa shape index (κ3) is 5.39. The predicted octanol–water partition coefficient (Wildman–Crippen LogP) is 2.45. The molecule has 4 atom stereocenters. The van der Waals surface area contributed by atoms with Gasteiger partial charge in [0.2, 0.25) is 0 Å². The molecule has 0 aromatic heterocycles. The third-order valence-corrected chi connectivity index (χ3v) is 4.80. The number of ether oxygens (including phenoxy) is 4. The van der Waals surface area contributed by atoms with Crippen LogP contribution in [0.2, 0.25) is 0 Å². The van der Waals surface area contributed by atoms with Crippen LogP contribution >= 0.6 is 0 Å². The number of benzene rings is 2. The summed E-state index contributed by atoms with van der Waals surface area (Å²) < 4.78 is 23.1. The van der Waals surface area contributed by atoms with Gasteiger partial charge in [-0.25, -0.2) is 0 Å². The highest BCUT2D eigenvalue weighted by Gasteiger charge is 2.46. The SMILES string of the molecule is COC(=O)CC1O[C@H](CN)[C@@H](OCc2ccccc2)[C@H]1OCc1ccccc1. The van der Waals surface area contributed by atoms with Gasteiger partial charge in [0.1, 0.15) is 12.2 Å². The summed E-state index contributed by atoms with van der Waals surface area (Å²) in [6.45, 7) is 1.10. The summed E-state index contributed by atoms with van der Waals surface area (Å²) in [6.07, 6.45) is -1.51. The number of rotatable bonds is 9. The molecule has 28 heavy (non-hydrogen) atoms. The van der Waals surface area contributed by atoms with Gasteiger partial charge in [0.15, 0.2) is 0 Å². The van der Waals surface area contributed by atoms with Crippen LogP contribution in [0.25, 0.3) is 0 Å². The van der Waals surface area contributed by atoms with Gasteiger partial charge in [-0.1, -0.05) is 60.7 Å². The second-order valence-corrected chi connectivity index (χ2v) is 6.75. The molecule has 1 heterocycles. The van der Waals surface area contributed by atoms with Gasteiger partial charge in [0.05, 0.1) is 39.0 Å². The summed E-state index contributed by atoms with van der Waals surface area (Å²) in [4.78, 5) is 11.8. The van der Waals surface area contributed by atoms with Gasteiger partial charge >= 0.3 is 5.97 Å². The van der Waals surface area contributed by atoms with Crippen molar-refractivity contribution in [2.75, 3.05) is 13.7 Å².